The zero-order chi connectivity index (χ0) is 8.55. The van der Waals surface area contributed by atoms with Gasteiger partial charge in [-0.05, 0) is 19.6 Å². The van der Waals surface area contributed by atoms with E-state index in [2.05, 4.69) is 17.6 Å². The summed E-state index contributed by atoms with van der Waals surface area (Å²) in [5.41, 5.74) is 0.118. The summed E-state index contributed by atoms with van der Waals surface area (Å²) >= 11 is 1.68. The van der Waals surface area contributed by atoms with E-state index in [1.807, 2.05) is 6.26 Å². The highest BCUT2D eigenvalue weighted by Gasteiger charge is 2.27. The van der Waals surface area contributed by atoms with E-state index in [-0.39, 0.29) is 5.56 Å². The van der Waals surface area contributed by atoms with Crippen molar-refractivity contribution in [1.29, 1.82) is 0 Å². The summed E-state index contributed by atoms with van der Waals surface area (Å²) in [6.45, 7) is 2.19. The Kier molecular flexibility index (Phi) is 2.09. The quantitative estimate of drug-likeness (QED) is 0.644. The van der Waals surface area contributed by atoms with E-state index in [1.165, 1.54) is 6.42 Å². The van der Waals surface area contributed by atoms with Gasteiger partial charge in [0.15, 0.2) is 0 Å². The number of thioether (sulfide) groups is 1. The number of rotatable bonds is 1. The molecule has 12 heavy (non-hydrogen) atoms. The van der Waals surface area contributed by atoms with Crippen molar-refractivity contribution in [3.05, 3.63) is 11.6 Å². The van der Waals surface area contributed by atoms with E-state index in [4.69, 9.17) is 4.74 Å². The average molecular weight is 186 g/mol. The predicted octanol–water partition coefficient (Wildman–Crippen LogP) is 1.19. The van der Waals surface area contributed by atoms with Crippen molar-refractivity contribution in [1.82, 2.24) is 10.6 Å². The Bertz CT molecular complexity index is 217. The van der Waals surface area contributed by atoms with E-state index in [0.29, 0.717) is 6.04 Å². The molecule has 0 spiro atoms. The molecular formula is C8H14N2OS. The zero-order valence-corrected chi connectivity index (χ0v) is 8.20. The lowest BCUT2D eigenvalue weighted by molar-refractivity contribution is 0.192. The van der Waals surface area contributed by atoms with Crippen LogP contribution >= 0.6 is 11.8 Å². The first-order valence-corrected chi connectivity index (χ1v) is 5.54. The molecule has 4 heteroatoms. The minimum Gasteiger partial charge on any atom is -0.462 e. The van der Waals surface area contributed by atoms with Crippen LogP contribution in [0.4, 0.5) is 0 Å². The Balaban J connectivity index is 2.03. The molecule has 2 aliphatic heterocycles. The van der Waals surface area contributed by atoms with Gasteiger partial charge in [0.2, 0.25) is 5.56 Å². The Hall–Kier alpha value is -0.510. The lowest BCUT2D eigenvalue weighted by Gasteiger charge is -2.20. The third-order valence-corrected chi connectivity index (χ3v) is 2.84. The van der Waals surface area contributed by atoms with E-state index >= 15 is 0 Å². The van der Waals surface area contributed by atoms with E-state index < -0.39 is 0 Å². The van der Waals surface area contributed by atoms with Gasteiger partial charge < -0.3 is 15.4 Å². The van der Waals surface area contributed by atoms with Gasteiger partial charge in [0.05, 0.1) is 0 Å². The highest BCUT2D eigenvalue weighted by atomic mass is 32.2. The predicted molar refractivity (Wildman–Crippen MR) is 50.4 cm³/mol. The molecule has 0 saturated carbocycles. The van der Waals surface area contributed by atoms with Crippen LogP contribution in [0.1, 0.15) is 19.8 Å². The Morgan fingerprint density at radius 3 is 3.08 bits per heavy atom. The van der Waals surface area contributed by atoms with E-state index in [0.717, 1.165) is 18.0 Å². The fraction of sp³-hybridized carbons (Fsp3) is 0.750. The van der Waals surface area contributed by atoms with Crippen LogP contribution < -0.4 is 10.6 Å². The van der Waals surface area contributed by atoms with Crippen molar-refractivity contribution in [3.63, 3.8) is 0 Å². The normalized spacial score (nSPS) is 33.5. The van der Waals surface area contributed by atoms with E-state index in [9.17, 15) is 0 Å². The highest BCUT2D eigenvalue weighted by molar-refractivity contribution is 7.99. The summed E-state index contributed by atoms with van der Waals surface area (Å²) in [6, 6.07) is 0.570. The molecule has 2 rings (SSSR count). The maximum atomic E-state index is 5.63. The topological polar surface area (TPSA) is 33.3 Å². The molecule has 0 aromatic heterocycles. The summed E-state index contributed by atoms with van der Waals surface area (Å²) in [6.07, 6.45) is 4.27. The number of allylic oxidation sites excluding steroid dienone is 1. The molecule has 2 N–H and O–H groups in total. The van der Waals surface area contributed by atoms with Gasteiger partial charge in [0, 0.05) is 12.5 Å². The number of hydrogen-bond acceptors (Lipinski definition) is 4. The van der Waals surface area contributed by atoms with Gasteiger partial charge in [0.25, 0.3) is 0 Å². The van der Waals surface area contributed by atoms with Gasteiger partial charge in [-0.2, -0.15) is 0 Å². The zero-order valence-electron chi connectivity index (χ0n) is 7.39. The average Bonchev–Trinajstić information content (AvgIpc) is 2.46. The van der Waals surface area contributed by atoms with Gasteiger partial charge in [-0.15, -0.1) is 0 Å². The van der Waals surface area contributed by atoms with Gasteiger partial charge in [-0.25, -0.2) is 0 Å². The summed E-state index contributed by atoms with van der Waals surface area (Å²) in [7, 11) is 0. The van der Waals surface area contributed by atoms with Gasteiger partial charge in [-0.1, -0.05) is 11.8 Å². The van der Waals surface area contributed by atoms with Gasteiger partial charge in [0.1, 0.15) is 11.6 Å². The lowest BCUT2D eigenvalue weighted by atomic mass is 10.1. The molecule has 2 aliphatic rings. The third kappa shape index (κ3) is 1.35. The standard InChI is InChI=1S/C8H14N2OS/c1-5-3-4-6-7(9-5)10-8(11-6)12-2/h5,8-10H,3-4H2,1-2H3/t5-,8-/m0/s1. The summed E-state index contributed by atoms with van der Waals surface area (Å²) in [4.78, 5) is 0. The second-order valence-electron chi connectivity index (χ2n) is 3.21. The van der Waals surface area contributed by atoms with Crippen LogP contribution in [0.5, 0.6) is 0 Å². The molecule has 68 valence electrons. The number of nitrogens with one attached hydrogen (secondary N) is 2. The van der Waals surface area contributed by atoms with Crippen LogP contribution in [-0.2, 0) is 4.74 Å². The van der Waals surface area contributed by atoms with Crippen LogP contribution in [-0.4, -0.2) is 17.9 Å². The first-order chi connectivity index (χ1) is 5.79. The van der Waals surface area contributed by atoms with Gasteiger partial charge >= 0.3 is 0 Å². The first kappa shape index (κ1) is 8.10. The van der Waals surface area contributed by atoms with Crippen molar-refractivity contribution in [2.45, 2.75) is 31.4 Å². The smallest absolute Gasteiger partial charge is 0.219 e. The second kappa shape index (κ2) is 3.09. The molecule has 2 atom stereocenters. The number of hydrogen-bond donors (Lipinski definition) is 2. The van der Waals surface area contributed by atoms with Crippen molar-refractivity contribution in [3.8, 4) is 0 Å². The van der Waals surface area contributed by atoms with Crippen molar-refractivity contribution < 1.29 is 4.74 Å². The minimum atomic E-state index is 0.118. The fourth-order valence-electron chi connectivity index (χ4n) is 1.50. The maximum absolute atomic E-state index is 5.63. The monoisotopic (exact) mass is 186 g/mol. The Morgan fingerprint density at radius 2 is 2.33 bits per heavy atom. The summed E-state index contributed by atoms with van der Waals surface area (Å²) < 4.78 is 5.63. The summed E-state index contributed by atoms with van der Waals surface area (Å²) in [5.74, 6) is 2.21. The molecule has 3 nitrogen and oxygen atoms in total. The molecule has 0 saturated heterocycles. The van der Waals surface area contributed by atoms with Crippen molar-refractivity contribution in [2.24, 2.45) is 0 Å². The Labute approximate surface area is 76.9 Å². The third-order valence-electron chi connectivity index (χ3n) is 2.20. The molecule has 0 aromatic carbocycles. The summed E-state index contributed by atoms with van der Waals surface area (Å²) in [5, 5.41) is 6.65. The molecule has 0 amide bonds. The highest BCUT2D eigenvalue weighted by Crippen LogP contribution is 2.27. The van der Waals surface area contributed by atoms with E-state index in [1.54, 1.807) is 11.8 Å². The van der Waals surface area contributed by atoms with Crippen LogP contribution in [0, 0.1) is 0 Å². The van der Waals surface area contributed by atoms with Crippen molar-refractivity contribution in [2.75, 3.05) is 6.26 Å². The van der Waals surface area contributed by atoms with Crippen LogP contribution in [0.2, 0.25) is 0 Å². The molecular weight excluding hydrogens is 172 g/mol. The largest absolute Gasteiger partial charge is 0.462 e. The van der Waals surface area contributed by atoms with Crippen LogP contribution in [0.25, 0.3) is 0 Å². The number of ether oxygens (including phenoxy) is 1. The fourth-order valence-corrected chi connectivity index (χ4v) is 1.94. The molecule has 0 unspecified atom stereocenters. The first-order valence-electron chi connectivity index (χ1n) is 4.25. The maximum Gasteiger partial charge on any atom is 0.219 e. The van der Waals surface area contributed by atoms with Gasteiger partial charge in [-0.3, -0.25) is 0 Å². The molecule has 2 heterocycles. The van der Waals surface area contributed by atoms with Crippen LogP contribution in [0.3, 0.4) is 0 Å². The molecule has 0 aromatic rings. The molecule has 0 fully saturated rings. The second-order valence-corrected chi connectivity index (χ2v) is 4.11. The minimum absolute atomic E-state index is 0.118. The van der Waals surface area contributed by atoms with Crippen LogP contribution in [0.15, 0.2) is 11.6 Å². The molecule has 0 radical (unpaired) electrons. The van der Waals surface area contributed by atoms with Crippen molar-refractivity contribution >= 4 is 11.8 Å². The molecule has 0 bridgehead atoms. The lowest BCUT2D eigenvalue weighted by Crippen LogP contribution is -2.35. The Morgan fingerprint density at radius 1 is 1.50 bits per heavy atom. The SMILES string of the molecule is CS[C@H]1NC2=C(CC[C@H](C)N2)O1. The molecule has 0 aliphatic carbocycles.